The molecule has 0 bridgehead atoms. The number of halogens is 1. The van der Waals surface area contributed by atoms with Crippen LogP contribution in [0.15, 0.2) is 59.5 Å². The largest absolute Gasteiger partial charge is 0.319 e. The zero-order valence-electron chi connectivity index (χ0n) is 16.2. The van der Waals surface area contributed by atoms with Crippen molar-refractivity contribution in [1.82, 2.24) is 9.55 Å². The van der Waals surface area contributed by atoms with Crippen LogP contribution in [0.5, 0.6) is 0 Å². The molecule has 2 aromatic heterocycles. The van der Waals surface area contributed by atoms with Gasteiger partial charge in [-0.2, -0.15) is 5.26 Å². The predicted octanol–water partition coefficient (Wildman–Crippen LogP) is 5.24. The molecular formula is C23H17FN4OS. The normalized spacial score (nSPS) is 13.4. The van der Waals surface area contributed by atoms with E-state index in [-0.39, 0.29) is 17.4 Å². The lowest BCUT2D eigenvalue weighted by Crippen LogP contribution is -2.21. The van der Waals surface area contributed by atoms with Crippen molar-refractivity contribution in [3.05, 3.63) is 75.8 Å². The summed E-state index contributed by atoms with van der Waals surface area (Å²) < 4.78 is 15.1. The van der Waals surface area contributed by atoms with Gasteiger partial charge >= 0.3 is 0 Å². The Hall–Kier alpha value is -3.50. The number of thiazole rings is 1. The van der Waals surface area contributed by atoms with Crippen molar-refractivity contribution in [1.29, 1.82) is 5.26 Å². The highest BCUT2D eigenvalue weighted by molar-refractivity contribution is 7.16. The Morgan fingerprint density at radius 1 is 1.17 bits per heavy atom. The lowest BCUT2D eigenvalue weighted by Gasteiger charge is -2.20. The van der Waals surface area contributed by atoms with E-state index in [2.05, 4.69) is 11.1 Å². The highest BCUT2D eigenvalue weighted by Crippen LogP contribution is 2.39. The van der Waals surface area contributed by atoms with Crippen molar-refractivity contribution in [2.45, 2.75) is 18.9 Å². The van der Waals surface area contributed by atoms with E-state index in [1.54, 1.807) is 12.1 Å². The second-order valence-electron chi connectivity index (χ2n) is 7.36. The molecular weight excluding hydrogens is 399 g/mol. The molecule has 1 fully saturated rings. The fourth-order valence-corrected chi connectivity index (χ4v) is 4.48. The lowest BCUT2D eigenvalue weighted by atomic mass is 10.1. The van der Waals surface area contributed by atoms with E-state index in [0.717, 1.165) is 23.9 Å². The Bertz CT molecular complexity index is 1360. The average molecular weight is 416 g/mol. The van der Waals surface area contributed by atoms with Gasteiger partial charge in [0.15, 0.2) is 5.13 Å². The summed E-state index contributed by atoms with van der Waals surface area (Å²) in [6.45, 7) is 0. The minimum atomic E-state index is -0.335. The standard InChI is InChI=1S/C23H17FN4OS/c1-27(23-26-21(20(12-25)30-23)14-6-8-15(24)9-7-14)19-13-28(16-10-11-16)22(29)18-5-3-2-4-17(18)19/h2-9,13,16H,10-11H2,1H3. The summed E-state index contributed by atoms with van der Waals surface area (Å²) >= 11 is 1.28. The third-order valence-electron chi connectivity index (χ3n) is 5.35. The van der Waals surface area contributed by atoms with Crippen molar-refractivity contribution >= 4 is 32.9 Å². The van der Waals surface area contributed by atoms with Gasteiger partial charge in [0.2, 0.25) is 0 Å². The first-order valence-corrected chi connectivity index (χ1v) is 10.4. The fourth-order valence-electron chi connectivity index (χ4n) is 3.62. The van der Waals surface area contributed by atoms with E-state index in [4.69, 9.17) is 0 Å². The first-order valence-electron chi connectivity index (χ1n) is 9.61. The van der Waals surface area contributed by atoms with Gasteiger partial charge in [0, 0.05) is 35.6 Å². The van der Waals surface area contributed by atoms with Crippen LogP contribution in [0.4, 0.5) is 15.2 Å². The van der Waals surface area contributed by atoms with Gasteiger partial charge in [-0.25, -0.2) is 9.37 Å². The number of aromatic nitrogens is 2. The first kappa shape index (κ1) is 18.5. The van der Waals surface area contributed by atoms with Crippen molar-refractivity contribution < 1.29 is 4.39 Å². The molecule has 1 aliphatic carbocycles. The average Bonchev–Trinajstić information content (AvgIpc) is 3.52. The first-order chi connectivity index (χ1) is 14.6. The number of pyridine rings is 1. The van der Waals surface area contributed by atoms with Crippen LogP contribution in [-0.4, -0.2) is 16.6 Å². The van der Waals surface area contributed by atoms with Crippen molar-refractivity contribution in [3.8, 4) is 17.3 Å². The molecule has 0 spiro atoms. The highest BCUT2D eigenvalue weighted by Gasteiger charge is 2.27. The van der Waals surface area contributed by atoms with Crippen molar-refractivity contribution in [3.63, 3.8) is 0 Å². The summed E-state index contributed by atoms with van der Waals surface area (Å²) in [4.78, 5) is 20.0. The quantitative estimate of drug-likeness (QED) is 0.457. The van der Waals surface area contributed by atoms with Crippen LogP contribution >= 0.6 is 11.3 Å². The lowest BCUT2D eigenvalue weighted by molar-refractivity contribution is 0.628. The molecule has 4 aromatic rings. The number of nitrogens with zero attached hydrogens (tertiary/aromatic N) is 4. The highest BCUT2D eigenvalue weighted by atomic mass is 32.1. The van der Waals surface area contributed by atoms with E-state index in [1.165, 1.54) is 23.5 Å². The SMILES string of the molecule is CN(c1nc(-c2ccc(F)cc2)c(C#N)s1)c1cn(C2CC2)c(=O)c2ccccc12. The molecule has 0 N–H and O–H groups in total. The number of fused-ring (bicyclic) bond motifs is 1. The second kappa shape index (κ2) is 7.08. The molecule has 0 amide bonds. The van der Waals surface area contributed by atoms with E-state index in [1.807, 2.05) is 47.0 Å². The zero-order chi connectivity index (χ0) is 20.8. The summed E-state index contributed by atoms with van der Waals surface area (Å²) in [7, 11) is 1.89. The molecule has 0 aliphatic heterocycles. The minimum absolute atomic E-state index is 0.0223. The molecule has 148 valence electrons. The summed E-state index contributed by atoms with van der Waals surface area (Å²) in [6, 6.07) is 16.0. The van der Waals surface area contributed by atoms with Crippen LogP contribution < -0.4 is 10.5 Å². The van der Waals surface area contributed by atoms with Gasteiger partial charge in [-0.05, 0) is 43.2 Å². The topological polar surface area (TPSA) is 61.9 Å². The molecule has 0 unspecified atom stereocenters. The zero-order valence-corrected chi connectivity index (χ0v) is 17.0. The van der Waals surface area contributed by atoms with Gasteiger partial charge in [0.05, 0.1) is 5.69 Å². The Morgan fingerprint density at radius 2 is 1.87 bits per heavy atom. The van der Waals surface area contributed by atoms with Gasteiger partial charge in [-0.1, -0.05) is 29.5 Å². The third kappa shape index (κ3) is 3.06. The van der Waals surface area contributed by atoms with E-state index in [0.29, 0.717) is 26.7 Å². The monoisotopic (exact) mass is 416 g/mol. The smallest absolute Gasteiger partial charge is 0.258 e. The van der Waals surface area contributed by atoms with Crippen molar-refractivity contribution in [2.24, 2.45) is 0 Å². The van der Waals surface area contributed by atoms with Crippen LogP contribution in [0.25, 0.3) is 22.0 Å². The fraction of sp³-hybridized carbons (Fsp3) is 0.174. The van der Waals surface area contributed by atoms with Crippen molar-refractivity contribution in [2.75, 3.05) is 11.9 Å². The van der Waals surface area contributed by atoms with Gasteiger partial charge in [-0.15, -0.1) is 0 Å². The van der Waals surface area contributed by atoms with E-state index >= 15 is 0 Å². The van der Waals surface area contributed by atoms with Crippen LogP contribution in [0.1, 0.15) is 23.8 Å². The van der Waals surface area contributed by atoms with Gasteiger partial charge in [0.1, 0.15) is 22.5 Å². The molecule has 1 saturated carbocycles. The Kier molecular flexibility index (Phi) is 4.37. The molecule has 2 aromatic carbocycles. The molecule has 0 radical (unpaired) electrons. The number of hydrogen-bond donors (Lipinski definition) is 0. The molecule has 5 nitrogen and oxygen atoms in total. The summed E-state index contributed by atoms with van der Waals surface area (Å²) in [5.41, 5.74) is 2.11. The maximum Gasteiger partial charge on any atom is 0.258 e. The molecule has 5 rings (SSSR count). The molecule has 0 atom stereocenters. The van der Waals surface area contributed by atoms with Gasteiger partial charge in [0.25, 0.3) is 5.56 Å². The molecule has 1 aliphatic rings. The number of nitriles is 1. The molecule has 30 heavy (non-hydrogen) atoms. The van der Waals surface area contributed by atoms with Crippen LogP contribution in [-0.2, 0) is 0 Å². The Balaban J connectivity index is 1.65. The number of benzene rings is 2. The van der Waals surface area contributed by atoms with Crippen LogP contribution in [0, 0.1) is 17.1 Å². The maximum atomic E-state index is 13.3. The molecule has 7 heteroatoms. The number of hydrogen-bond acceptors (Lipinski definition) is 5. The number of rotatable bonds is 4. The Labute approximate surface area is 176 Å². The summed E-state index contributed by atoms with van der Waals surface area (Å²) in [5, 5.41) is 11.8. The van der Waals surface area contributed by atoms with Gasteiger partial charge < -0.3 is 9.47 Å². The van der Waals surface area contributed by atoms with Crippen LogP contribution in [0.2, 0.25) is 0 Å². The summed E-state index contributed by atoms with van der Waals surface area (Å²) in [5.74, 6) is -0.335. The van der Waals surface area contributed by atoms with Crippen LogP contribution in [0.3, 0.4) is 0 Å². The maximum absolute atomic E-state index is 13.3. The third-order valence-corrected chi connectivity index (χ3v) is 6.39. The summed E-state index contributed by atoms with van der Waals surface area (Å²) in [6.07, 6.45) is 3.91. The second-order valence-corrected chi connectivity index (χ2v) is 8.33. The number of anilines is 2. The molecule has 2 heterocycles. The minimum Gasteiger partial charge on any atom is -0.319 e. The van der Waals surface area contributed by atoms with Gasteiger partial charge in [-0.3, -0.25) is 4.79 Å². The van der Waals surface area contributed by atoms with E-state index < -0.39 is 0 Å². The molecule has 0 saturated heterocycles. The Morgan fingerprint density at radius 3 is 2.53 bits per heavy atom. The predicted molar refractivity (Wildman–Crippen MR) is 117 cm³/mol. The van der Waals surface area contributed by atoms with E-state index in [9.17, 15) is 14.4 Å².